The first kappa shape index (κ1) is 24.1. The van der Waals surface area contributed by atoms with Crippen molar-refractivity contribution in [3.8, 4) is 11.8 Å². The molecule has 3 aromatic rings. The lowest BCUT2D eigenvalue weighted by atomic mass is 10.2. The number of benzene rings is 2. The Hall–Kier alpha value is -4.56. The van der Waals surface area contributed by atoms with Gasteiger partial charge in [0.05, 0.1) is 24.0 Å². The summed E-state index contributed by atoms with van der Waals surface area (Å²) in [5.74, 6) is -0.787. The van der Waals surface area contributed by atoms with Gasteiger partial charge in [-0.25, -0.2) is 9.78 Å². The average Bonchev–Trinajstić information content (AvgIpc) is 2.83. The van der Waals surface area contributed by atoms with E-state index in [4.69, 9.17) is 10.5 Å². The third-order valence-corrected chi connectivity index (χ3v) is 5.35. The van der Waals surface area contributed by atoms with Crippen molar-refractivity contribution in [3.05, 3.63) is 71.8 Å². The van der Waals surface area contributed by atoms with Crippen molar-refractivity contribution >= 4 is 46.8 Å². The highest BCUT2D eigenvalue weighted by molar-refractivity contribution is 8.00. The number of hydrogen-bond donors (Lipinski definition) is 4. The van der Waals surface area contributed by atoms with E-state index in [9.17, 15) is 19.6 Å². The van der Waals surface area contributed by atoms with E-state index in [0.29, 0.717) is 17.1 Å². The zero-order valence-corrected chi connectivity index (χ0v) is 18.8. The first-order valence-corrected chi connectivity index (χ1v) is 10.8. The number of urea groups is 1. The highest BCUT2D eigenvalue weighted by Crippen LogP contribution is 2.25. The van der Waals surface area contributed by atoms with Gasteiger partial charge in [-0.2, -0.15) is 5.26 Å². The fourth-order valence-corrected chi connectivity index (χ4v) is 3.50. The van der Waals surface area contributed by atoms with Gasteiger partial charge in [0.1, 0.15) is 22.7 Å². The maximum absolute atomic E-state index is 12.5. The number of pyridine rings is 1. The number of imide groups is 1. The second-order valence-corrected chi connectivity index (χ2v) is 7.69. The van der Waals surface area contributed by atoms with Crippen LogP contribution in [0.3, 0.4) is 0 Å². The Kier molecular flexibility index (Phi) is 8.04. The molecule has 0 spiro atoms. The summed E-state index contributed by atoms with van der Waals surface area (Å²) in [6.07, 6.45) is 0. The van der Waals surface area contributed by atoms with Crippen molar-refractivity contribution in [2.24, 2.45) is 0 Å². The quantitative estimate of drug-likeness (QED) is 0.378. The molecule has 0 saturated heterocycles. The number of nitriles is 1. The SMILES string of the molecule is COc1ccc(NC(=O)NC(=O)CSc2nc(N)c(C(=O)Nc3ccccc3)cc2C#N)cc1. The highest BCUT2D eigenvalue weighted by atomic mass is 32.2. The maximum Gasteiger partial charge on any atom is 0.325 e. The monoisotopic (exact) mass is 476 g/mol. The Morgan fingerprint density at radius 3 is 2.38 bits per heavy atom. The molecule has 0 aliphatic rings. The highest BCUT2D eigenvalue weighted by Gasteiger charge is 2.18. The van der Waals surface area contributed by atoms with E-state index in [0.717, 1.165) is 11.8 Å². The van der Waals surface area contributed by atoms with Crippen molar-refractivity contribution in [3.63, 3.8) is 0 Å². The summed E-state index contributed by atoms with van der Waals surface area (Å²) in [5, 5.41) is 17.0. The van der Waals surface area contributed by atoms with Gasteiger partial charge in [-0.15, -0.1) is 0 Å². The van der Waals surface area contributed by atoms with Crippen molar-refractivity contribution in [1.82, 2.24) is 10.3 Å². The topological polar surface area (TPSA) is 159 Å². The van der Waals surface area contributed by atoms with Crippen LogP contribution in [0.1, 0.15) is 15.9 Å². The molecule has 1 aromatic heterocycles. The number of aromatic nitrogens is 1. The van der Waals surface area contributed by atoms with Crippen LogP contribution in [-0.4, -0.2) is 35.7 Å². The van der Waals surface area contributed by atoms with Gasteiger partial charge >= 0.3 is 6.03 Å². The van der Waals surface area contributed by atoms with Crippen LogP contribution in [0.4, 0.5) is 22.0 Å². The fourth-order valence-electron chi connectivity index (χ4n) is 2.74. The Balaban J connectivity index is 1.59. The molecule has 0 aliphatic heterocycles. The normalized spacial score (nSPS) is 10.0. The van der Waals surface area contributed by atoms with E-state index in [1.54, 1.807) is 48.5 Å². The lowest BCUT2D eigenvalue weighted by Gasteiger charge is -2.10. The standard InChI is InChI=1S/C23H20N6O4S/c1-33-17-9-7-16(8-10-17)27-23(32)28-19(30)13-34-22-14(12-24)11-18(20(25)29-22)21(31)26-15-5-3-2-4-6-15/h2-11H,13H2,1H3,(H2,25,29)(H,26,31)(H2,27,28,30,32). The molecule has 0 aliphatic carbocycles. The Morgan fingerprint density at radius 1 is 1.06 bits per heavy atom. The molecule has 2 aromatic carbocycles. The molecule has 10 nitrogen and oxygen atoms in total. The summed E-state index contributed by atoms with van der Waals surface area (Å²) in [4.78, 5) is 40.8. The Morgan fingerprint density at radius 2 is 1.74 bits per heavy atom. The zero-order chi connectivity index (χ0) is 24.5. The first-order chi connectivity index (χ1) is 16.4. The lowest BCUT2D eigenvalue weighted by molar-refractivity contribution is -0.117. The number of methoxy groups -OCH3 is 1. The van der Waals surface area contributed by atoms with Crippen LogP contribution < -0.4 is 26.4 Å². The van der Waals surface area contributed by atoms with Crippen LogP contribution in [-0.2, 0) is 4.79 Å². The van der Waals surface area contributed by atoms with Crippen molar-refractivity contribution < 1.29 is 19.1 Å². The number of nitrogens with two attached hydrogens (primary N) is 1. The average molecular weight is 477 g/mol. The summed E-state index contributed by atoms with van der Waals surface area (Å²) in [6.45, 7) is 0. The second kappa shape index (κ2) is 11.3. The molecule has 0 bridgehead atoms. The number of carbonyl (C=O) groups excluding carboxylic acids is 3. The van der Waals surface area contributed by atoms with E-state index in [2.05, 4.69) is 20.9 Å². The van der Waals surface area contributed by atoms with Gasteiger partial charge in [0.15, 0.2) is 0 Å². The third kappa shape index (κ3) is 6.47. The fraction of sp³-hybridized carbons (Fsp3) is 0.0870. The minimum absolute atomic E-state index is 0.0353. The maximum atomic E-state index is 12.5. The van der Waals surface area contributed by atoms with Gasteiger partial charge in [-0.05, 0) is 42.5 Å². The molecule has 11 heteroatoms. The van der Waals surface area contributed by atoms with Crippen molar-refractivity contribution in [2.45, 2.75) is 5.03 Å². The number of nitrogens with one attached hydrogen (secondary N) is 3. The third-order valence-electron chi connectivity index (χ3n) is 4.35. The lowest BCUT2D eigenvalue weighted by Crippen LogP contribution is -2.35. The summed E-state index contributed by atoms with van der Waals surface area (Å²) >= 11 is 0.918. The number of anilines is 3. The first-order valence-electron chi connectivity index (χ1n) is 9.84. The van der Waals surface area contributed by atoms with Crippen LogP contribution >= 0.6 is 11.8 Å². The molecular formula is C23H20N6O4S. The Labute approximate surface area is 199 Å². The number of ether oxygens (including phenoxy) is 1. The Bertz CT molecular complexity index is 1240. The number of para-hydroxylation sites is 1. The van der Waals surface area contributed by atoms with Crippen LogP contribution in [0.25, 0.3) is 0 Å². The van der Waals surface area contributed by atoms with Gasteiger partial charge in [0.2, 0.25) is 5.91 Å². The van der Waals surface area contributed by atoms with E-state index in [-0.39, 0.29) is 27.7 Å². The molecule has 0 fully saturated rings. The molecule has 0 radical (unpaired) electrons. The predicted octanol–water partition coefficient (Wildman–Crippen LogP) is 3.24. The van der Waals surface area contributed by atoms with E-state index >= 15 is 0 Å². The number of nitrogens with zero attached hydrogens (tertiary/aromatic N) is 2. The molecule has 3 rings (SSSR count). The predicted molar refractivity (Wildman–Crippen MR) is 129 cm³/mol. The molecule has 1 heterocycles. The number of nitrogen functional groups attached to an aromatic ring is 1. The molecule has 5 N–H and O–H groups in total. The zero-order valence-electron chi connectivity index (χ0n) is 18.0. The molecular weight excluding hydrogens is 456 g/mol. The second-order valence-electron chi connectivity index (χ2n) is 6.73. The van der Waals surface area contributed by atoms with Crippen LogP contribution in [0.5, 0.6) is 5.75 Å². The van der Waals surface area contributed by atoms with Crippen LogP contribution in [0.15, 0.2) is 65.7 Å². The van der Waals surface area contributed by atoms with E-state index < -0.39 is 17.8 Å². The van der Waals surface area contributed by atoms with E-state index in [1.165, 1.54) is 13.2 Å². The number of thioether (sulfide) groups is 1. The van der Waals surface area contributed by atoms with Crippen LogP contribution in [0.2, 0.25) is 0 Å². The molecule has 0 atom stereocenters. The van der Waals surface area contributed by atoms with Crippen LogP contribution in [0, 0.1) is 11.3 Å². The number of rotatable bonds is 7. The minimum atomic E-state index is -0.711. The van der Waals surface area contributed by atoms with Crippen molar-refractivity contribution in [1.29, 1.82) is 5.26 Å². The summed E-state index contributed by atoms with van der Waals surface area (Å²) in [7, 11) is 1.53. The number of hydrogen-bond acceptors (Lipinski definition) is 8. The largest absolute Gasteiger partial charge is 0.497 e. The van der Waals surface area contributed by atoms with E-state index in [1.807, 2.05) is 12.1 Å². The molecule has 172 valence electrons. The molecule has 34 heavy (non-hydrogen) atoms. The molecule has 4 amide bonds. The number of carbonyl (C=O) groups is 3. The summed E-state index contributed by atoms with van der Waals surface area (Å²) < 4.78 is 5.04. The summed E-state index contributed by atoms with van der Waals surface area (Å²) in [6, 6.07) is 17.9. The smallest absolute Gasteiger partial charge is 0.325 e. The summed E-state index contributed by atoms with van der Waals surface area (Å²) in [5.41, 5.74) is 7.08. The van der Waals surface area contributed by atoms with Gasteiger partial charge in [0.25, 0.3) is 5.91 Å². The van der Waals surface area contributed by atoms with Gasteiger partial charge in [0, 0.05) is 11.4 Å². The van der Waals surface area contributed by atoms with Crippen molar-refractivity contribution in [2.75, 3.05) is 29.2 Å². The van der Waals surface area contributed by atoms with Gasteiger partial charge in [-0.1, -0.05) is 30.0 Å². The van der Waals surface area contributed by atoms with Gasteiger partial charge < -0.3 is 21.1 Å². The molecule has 0 saturated carbocycles. The number of amides is 4. The van der Waals surface area contributed by atoms with Gasteiger partial charge in [-0.3, -0.25) is 14.9 Å². The molecule has 0 unspecified atom stereocenters. The minimum Gasteiger partial charge on any atom is -0.497 e.